The van der Waals surface area contributed by atoms with E-state index in [0.29, 0.717) is 11.1 Å². The Morgan fingerprint density at radius 1 is 0.393 bits per heavy atom. The molecule has 43 nitrogen and oxygen atoms in total. The number of carboxylic acids is 3. The number of benzene rings is 2. The van der Waals surface area contributed by atoms with Crippen LogP contribution >= 0.6 is 36.2 Å². The van der Waals surface area contributed by atoms with E-state index in [2.05, 4.69) is 97.7 Å². The number of phenols is 1. The van der Waals surface area contributed by atoms with Crippen LogP contribution in [0.1, 0.15) is 130 Å². The van der Waals surface area contributed by atoms with Crippen LogP contribution in [0, 0.1) is 34.0 Å². The molecule has 0 aliphatic carbocycles. The van der Waals surface area contributed by atoms with Gasteiger partial charge in [0, 0.05) is 38.2 Å². The maximum Gasteiger partial charge on any atom is 0.326 e. The first-order valence-electron chi connectivity index (χ1n) is 39.5. The van der Waals surface area contributed by atoms with Crippen LogP contribution in [0.2, 0.25) is 0 Å². The van der Waals surface area contributed by atoms with E-state index < -0.39 is 216 Å². The van der Waals surface area contributed by atoms with E-state index in [9.17, 15) is 97.1 Å². The van der Waals surface area contributed by atoms with Crippen molar-refractivity contribution >= 4 is 149 Å². The molecule has 0 heterocycles. The molecule has 31 N–H and O–H groups in total. The summed E-state index contributed by atoms with van der Waals surface area (Å²) in [6.07, 6.45) is 0.737. The van der Waals surface area contributed by atoms with Crippen LogP contribution in [0.25, 0.3) is 0 Å². The van der Waals surface area contributed by atoms with Crippen LogP contribution in [0.3, 0.4) is 0 Å². The Balaban J connectivity index is 2.45. The van der Waals surface area contributed by atoms with E-state index in [-0.39, 0.29) is 132 Å². The van der Waals surface area contributed by atoms with E-state index in [1.807, 2.05) is 0 Å². The molecule has 0 fully saturated rings. The third kappa shape index (κ3) is 43.2. The van der Waals surface area contributed by atoms with Crippen molar-refractivity contribution in [3.05, 3.63) is 65.7 Å². The number of nitrogens with two attached hydrogens (primary N) is 4. The number of phenolic OH excluding ortho intramolecular Hbond substituents is 1. The van der Waals surface area contributed by atoms with Gasteiger partial charge in [0.25, 0.3) is 0 Å². The summed E-state index contributed by atoms with van der Waals surface area (Å²) in [5.41, 5.74) is 23.1. The fraction of sp³-hybridized carbons (Fsp3) is 0.592. The molecule has 0 aliphatic heterocycles. The van der Waals surface area contributed by atoms with E-state index in [1.165, 1.54) is 47.8 Å². The number of nitrogens with one attached hydrogen (secondary N) is 19. The molecular weight excluding hydrogens is 1650 g/mol. The normalized spacial score (nSPS) is 14.2. The smallest absolute Gasteiger partial charge is 0.326 e. The fourth-order valence-electron chi connectivity index (χ4n) is 11.8. The van der Waals surface area contributed by atoms with Gasteiger partial charge in [-0.1, -0.05) is 84.0 Å². The van der Waals surface area contributed by atoms with Crippen LogP contribution in [-0.4, -0.2) is 267 Å². The third-order valence-electron chi connectivity index (χ3n) is 18.2. The number of guanidine groups is 3. The van der Waals surface area contributed by atoms with Gasteiger partial charge in [-0.3, -0.25) is 88.1 Å². The lowest BCUT2D eigenvalue weighted by atomic mass is 9.99. The molecule has 680 valence electrons. The van der Waals surface area contributed by atoms with Gasteiger partial charge in [0.15, 0.2) is 17.9 Å². The zero-order chi connectivity index (χ0) is 91.9. The highest BCUT2D eigenvalue weighted by atomic mass is 32.2. The quantitative estimate of drug-likeness (QED) is 0.0128. The maximum absolute atomic E-state index is 14.6. The van der Waals surface area contributed by atoms with Gasteiger partial charge in [0.1, 0.15) is 78.3 Å². The monoisotopic (exact) mass is 1770 g/mol. The Hall–Kier alpha value is -11.4. The topological polar surface area (TPSA) is 722 Å². The van der Waals surface area contributed by atoms with Crippen molar-refractivity contribution in [1.82, 2.24) is 85.1 Å². The molecule has 122 heavy (non-hydrogen) atoms. The number of carbonyl (C=O) groups excluding carboxylic acids is 13. The predicted molar refractivity (Wildman–Crippen MR) is 459 cm³/mol. The molecule has 0 aromatic heterocycles. The van der Waals surface area contributed by atoms with Gasteiger partial charge in [-0.15, -0.1) is 0 Å². The van der Waals surface area contributed by atoms with E-state index in [4.69, 9.17) is 39.2 Å². The number of aromatic hydroxyl groups is 1. The van der Waals surface area contributed by atoms with Crippen molar-refractivity contribution in [2.75, 3.05) is 55.9 Å². The highest BCUT2D eigenvalue weighted by Crippen LogP contribution is 2.17. The molecular formula is C76H123N23O20S3. The first-order chi connectivity index (χ1) is 57.5. The summed E-state index contributed by atoms with van der Waals surface area (Å²) in [7, 11) is 0. The van der Waals surface area contributed by atoms with Crippen LogP contribution in [0.4, 0.5) is 0 Å². The Bertz CT molecular complexity index is 3850. The average Bonchev–Trinajstić information content (AvgIpc) is 0.840. The van der Waals surface area contributed by atoms with E-state index in [1.54, 1.807) is 84.4 Å². The minimum atomic E-state index is -1.89. The van der Waals surface area contributed by atoms with Gasteiger partial charge in [-0.05, 0) is 129 Å². The molecule has 46 heteroatoms. The van der Waals surface area contributed by atoms with E-state index in [0.717, 1.165) is 0 Å². The van der Waals surface area contributed by atoms with Crippen LogP contribution < -0.4 is 108 Å². The molecule has 0 saturated heterocycles. The van der Waals surface area contributed by atoms with Crippen molar-refractivity contribution in [3.63, 3.8) is 0 Å². The second-order valence-corrected chi connectivity index (χ2v) is 32.2. The van der Waals surface area contributed by atoms with Crippen molar-refractivity contribution in [2.24, 2.45) is 40.7 Å². The lowest BCUT2D eigenvalue weighted by Crippen LogP contribution is -2.61. The third-order valence-corrected chi connectivity index (χ3v) is 19.8. The van der Waals surface area contributed by atoms with Gasteiger partial charge in [-0.2, -0.15) is 36.2 Å². The van der Waals surface area contributed by atoms with Gasteiger partial charge in [-0.25, -0.2) is 4.79 Å². The summed E-state index contributed by atoms with van der Waals surface area (Å²) in [4.78, 5) is 220. The number of carbonyl (C=O) groups is 16. The van der Waals surface area contributed by atoms with Gasteiger partial charge in [0.2, 0.25) is 76.8 Å². The summed E-state index contributed by atoms with van der Waals surface area (Å²) < 4.78 is 0. The zero-order valence-electron chi connectivity index (χ0n) is 69.7. The minimum Gasteiger partial charge on any atom is -0.508 e. The van der Waals surface area contributed by atoms with Crippen molar-refractivity contribution in [3.8, 4) is 5.75 Å². The fourth-order valence-corrected chi connectivity index (χ4v) is 13.0. The summed E-state index contributed by atoms with van der Waals surface area (Å²) in [5.74, 6) is -19.4. The van der Waals surface area contributed by atoms with Crippen LogP contribution in [-0.2, 0) is 89.6 Å². The number of aliphatic carboxylic acids is 3. The molecule has 0 saturated carbocycles. The van der Waals surface area contributed by atoms with E-state index >= 15 is 0 Å². The SMILES string of the molecule is CSCC[C@H](NC(=O)[C@H](CS)NC(=O)[C@H](CCCNC(=N)N)NC(=O)[C@H](CC(C)C)NC(=O)[C@H](CCSC)NC(=O)[C@H](CC(=O)O)NC(=O)[C@H](Cc1ccccc1)NC(=O)[C@@H](N)CC(=O)O)C(=O)N[C@@H](CC(C)C)C(=O)NCC(=O)N[C@@H](CCCNC(=N)N)C(=O)N[C@H](C(=O)N[C@@H](Cc1ccc(O)cc1)C(=O)N[C@@H](CCCNC(=N)N)C(=O)O)C(C)C. The summed E-state index contributed by atoms with van der Waals surface area (Å²) >= 11 is 6.90. The second kappa shape index (κ2) is 57.0. The van der Waals surface area contributed by atoms with Crippen molar-refractivity contribution < 1.29 is 97.1 Å². The van der Waals surface area contributed by atoms with Gasteiger partial charge in [0.05, 0.1) is 25.4 Å². The lowest BCUT2D eigenvalue weighted by Gasteiger charge is -2.28. The molecule has 2 rings (SSSR count). The summed E-state index contributed by atoms with van der Waals surface area (Å²) in [6.45, 7) is 9.43. The number of thioether (sulfide) groups is 2. The number of rotatable bonds is 59. The number of carboxylic acid groups (broad SMARTS) is 3. The predicted octanol–water partition coefficient (Wildman–Crippen LogP) is -4.55. The van der Waals surface area contributed by atoms with Crippen LogP contribution in [0.15, 0.2) is 54.6 Å². The summed E-state index contributed by atoms with van der Waals surface area (Å²) in [5, 5.41) is 102. The van der Waals surface area contributed by atoms with Crippen LogP contribution in [0.5, 0.6) is 5.75 Å². The number of hydrogen-bond acceptors (Lipinski definition) is 24. The Labute approximate surface area is 721 Å². The lowest BCUT2D eigenvalue weighted by molar-refractivity contribution is -0.142. The molecule has 2 aromatic rings. The van der Waals surface area contributed by atoms with Gasteiger partial charge < -0.3 is 128 Å². The molecule has 2 aromatic carbocycles. The molecule has 0 unspecified atom stereocenters. The Morgan fingerprint density at radius 2 is 0.738 bits per heavy atom. The Morgan fingerprint density at radius 3 is 1.16 bits per heavy atom. The van der Waals surface area contributed by atoms with Gasteiger partial charge >= 0.3 is 17.9 Å². The first-order valence-corrected chi connectivity index (χ1v) is 42.9. The minimum absolute atomic E-state index is 0.00664. The number of hydrogen-bond donors (Lipinski definition) is 28. The van der Waals surface area contributed by atoms with Crippen molar-refractivity contribution in [2.45, 2.75) is 210 Å². The first kappa shape index (κ1) is 107. The molecule has 0 aliphatic rings. The second-order valence-electron chi connectivity index (χ2n) is 29.8. The molecule has 0 radical (unpaired) electrons. The maximum atomic E-state index is 14.6. The standard InChI is InChI=1S/C76H123N23O20S3/c1-39(2)31-51(62(107)87-37-57(101)88-46(17-12-26-84-74(78)79)66(111)99-60(41(5)6)72(117)97-54(34-43-20-22-44(100)23-21-43)68(113)92-50(73(118)119)19-14-28-86-76(82)83)94-64(109)49(25-30-122-8)91-71(116)56(38-120)98-63(108)47(18-13-27-85-75(80)81)89-67(112)52(32-40(3)4)95-65(110)48(24-29-121-7)90-70(115)55(36-59(104)105)96-69(114)53(33-42-15-10-9-11-16-42)93-61(106)45(77)35-58(102)103/h9-11,15-16,20-23,39-41,45-56,60,100,120H,12-14,17-19,24-38,77H2,1-8H3,(H,87,107)(H,88,101)(H,89,112)(H,90,115)(H,91,116)(H,92,113)(H,93,106)(H,94,109)(H,95,110)(H,96,114)(H,97,117)(H,98,108)(H,99,111)(H,102,103)(H,104,105)(H,118,119)(H4,78,79,84)(H4,80,81,85)(H4,82,83,86)/t45-,46-,47-,48-,49-,50-,51-,52-,53-,54-,55-,56-,60-/m0/s1. The Kier molecular flexibility index (Phi) is 49.8. The summed E-state index contributed by atoms with van der Waals surface area (Å²) in [6, 6.07) is -5.78. The largest absolute Gasteiger partial charge is 0.508 e. The van der Waals surface area contributed by atoms with Crippen molar-refractivity contribution in [1.29, 1.82) is 16.2 Å². The highest BCUT2D eigenvalue weighted by Gasteiger charge is 2.39. The average molecular weight is 1780 g/mol. The molecule has 13 amide bonds. The molecule has 0 bridgehead atoms. The number of amides is 13. The molecule has 13 atom stereocenters. The number of thiol groups is 1. The molecule has 0 spiro atoms. The highest BCUT2D eigenvalue weighted by molar-refractivity contribution is 7.98. The zero-order valence-corrected chi connectivity index (χ0v) is 72.2.